The number of amides is 1. The largest absolute Gasteiger partial charge is 0.456 e. The highest BCUT2D eigenvalue weighted by Crippen LogP contribution is 2.08. The Kier molecular flexibility index (Phi) is 9.77. The molecule has 32 heavy (non-hydrogen) atoms. The van der Waals surface area contributed by atoms with Crippen LogP contribution >= 0.6 is 0 Å². The van der Waals surface area contributed by atoms with Crippen LogP contribution in [0.25, 0.3) is 6.08 Å². The number of Topliss-reactive ketones (excluding diaryl/α,β-unsaturated/α-hetero) is 1. The first kappa shape index (κ1) is 25.0. The highest BCUT2D eigenvalue weighted by Gasteiger charge is 2.13. The third-order valence-corrected chi connectivity index (χ3v) is 5.35. The molecule has 0 aliphatic heterocycles. The molecule has 2 aromatic rings. The zero-order valence-electron chi connectivity index (χ0n) is 17.7. The van der Waals surface area contributed by atoms with E-state index in [1.54, 1.807) is 48.5 Å². The Hall–Kier alpha value is -3.30. The summed E-state index contributed by atoms with van der Waals surface area (Å²) in [5.41, 5.74) is 2.10. The molecule has 9 heteroatoms. The summed E-state index contributed by atoms with van der Waals surface area (Å²) in [5.74, 6) is -1.32. The summed E-state index contributed by atoms with van der Waals surface area (Å²) in [7, 11) is -3.82. The second-order valence-corrected chi connectivity index (χ2v) is 8.60. The van der Waals surface area contributed by atoms with E-state index in [0.29, 0.717) is 17.7 Å². The Bertz CT molecular complexity index is 1050. The van der Waals surface area contributed by atoms with Gasteiger partial charge in [-0.25, -0.2) is 13.1 Å². The van der Waals surface area contributed by atoms with Crippen LogP contribution in [-0.2, 0) is 30.8 Å². The molecule has 2 N–H and O–H groups in total. The fraction of sp³-hybridized carbons (Fsp3) is 0.261. The molecule has 0 aliphatic rings. The Labute approximate surface area is 187 Å². The van der Waals surface area contributed by atoms with E-state index in [1.165, 1.54) is 13.0 Å². The number of nitrogens with one attached hydrogen (secondary N) is 2. The van der Waals surface area contributed by atoms with Crippen molar-refractivity contribution in [1.29, 1.82) is 0 Å². The average molecular weight is 459 g/mol. The molecular weight excluding hydrogens is 432 g/mol. The standard InChI is InChI=1S/C23H26N2O6S/c1-18(26)24-14-5-8-20-9-11-21(12-10-20)22(27)17-31-23(28)16-25-32(29,30)15-13-19-6-3-2-4-7-19/h2-4,6-7,9-13,15,25H,5,8,14,16-17H2,1H3,(H,24,26)/b15-13+. The van der Waals surface area contributed by atoms with Gasteiger partial charge < -0.3 is 10.1 Å². The van der Waals surface area contributed by atoms with Crippen LogP contribution in [0, 0.1) is 0 Å². The summed E-state index contributed by atoms with van der Waals surface area (Å²) in [6.45, 7) is 0.980. The van der Waals surface area contributed by atoms with Crippen LogP contribution in [-0.4, -0.2) is 45.8 Å². The highest BCUT2D eigenvalue weighted by molar-refractivity contribution is 7.92. The number of hydrogen-bond donors (Lipinski definition) is 2. The molecule has 0 spiro atoms. The van der Waals surface area contributed by atoms with Crippen molar-refractivity contribution in [2.45, 2.75) is 19.8 Å². The SMILES string of the molecule is CC(=O)NCCCc1ccc(C(=O)COC(=O)CNS(=O)(=O)/C=C/c2ccccc2)cc1. The lowest BCUT2D eigenvalue weighted by Gasteiger charge is -2.06. The van der Waals surface area contributed by atoms with Gasteiger partial charge in [-0.15, -0.1) is 0 Å². The number of carbonyl (C=O) groups excluding carboxylic acids is 3. The number of rotatable bonds is 12. The van der Waals surface area contributed by atoms with Crippen molar-refractivity contribution >= 4 is 33.8 Å². The molecule has 0 atom stereocenters. The molecule has 2 aromatic carbocycles. The molecule has 0 bridgehead atoms. The van der Waals surface area contributed by atoms with Crippen molar-refractivity contribution in [3.8, 4) is 0 Å². The topological polar surface area (TPSA) is 119 Å². The van der Waals surface area contributed by atoms with Gasteiger partial charge in [-0.3, -0.25) is 14.4 Å². The fourth-order valence-electron chi connectivity index (χ4n) is 2.63. The molecule has 0 heterocycles. The molecule has 0 fully saturated rings. The molecule has 0 saturated heterocycles. The lowest BCUT2D eigenvalue weighted by Crippen LogP contribution is -2.30. The number of benzene rings is 2. The molecule has 1 amide bonds. The summed E-state index contributed by atoms with van der Waals surface area (Å²) in [6.07, 6.45) is 2.93. The lowest BCUT2D eigenvalue weighted by molar-refractivity contribution is -0.141. The van der Waals surface area contributed by atoms with Gasteiger partial charge in [-0.05, 0) is 30.0 Å². The number of sulfonamides is 1. The third kappa shape index (κ3) is 9.67. The van der Waals surface area contributed by atoms with E-state index < -0.39 is 34.9 Å². The van der Waals surface area contributed by atoms with Crippen molar-refractivity contribution in [1.82, 2.24) is 10.0 Å². The van der Waals surface area contributed by atoms with Gasteiger partial charge in [-0.1, -0.05) is 54.6 Å². The Balaban J connectivity index is 1.73. The second kappa shape index (κ2) is 12.5. The second-order valence-electron chi connectivity index (χ2n) is 6.95. The minimum atomic E-state index is -3.82. The molecule has 0 unspecified atom stereocenters. The van der Waals surface area contributed by atoms with Crippen LogP contribution in [0.2, 0.25) is 0 Å². The van der Waals surface area contributed by atoms with Crippen molar-refractivity contribution < 1.29 is 27.5 Å². The first-order chi connectivity index (χ1) is 15.2. The molecule has 0 saturated carbocycles. The molecule has 0 radical (unpaired) electrons. The monoisotopic (exact) mass is 458 g/mol. The van der Waals surface area contributed by atoms with Gasteiger partial charge in [0, 0.05) is 24.4 Å². The number of hydrogen-bond acceptors (Lipinski definition) is 6. The van der Waals surface area contributed by atoms with Crippen LogP contribution in [0.1, 0.15) is 34.8 Å². The average Bonchev–Trinajstić information content (AvgIpc) is 2.79. The van der Waals surface area contributed by atoms with Crippen LogP contribution in [0.4, 0.5) is 0 Å². The predicted molar refractivity (Wildman–Crippen MR) is 121 cm³/mol. The summed E-state index contributed by atoms with van der Waals surface area (Å²) < 4.78 is 30.8. The van der Waals surface area contributed by atoms with Crippen LogP contribution in [0.5, 0.6) is 0 Å². The van der Waals surface area contributed by atoms with Gasteiger partial charge in [0.1, 0.15) is 6.54 Å². The van der Waals surface area contributed by atoms with E-state index in [4.69, 9.17) is 4.74 Å². The molecule has 170 valence electrons. The maximum absolute atomic E-state index is 12.2. The maximum atomic E-state index is 12.2. The van der Waals surface area contributed by atoms with E-state index in [0.717, 1.165) is 23.8 Å². The quantitative estimate of drug-likeness (QED) is 0.286. The minimum Gasteiger partial charge on any atom is -0.456 e. The summed E-state index contributed by atoms with van der Waals surface area (Å²) in [5, 5.41) is 3.68. The van der Waals surface area contributed by atoms with E-state index in [2.05, 4.69) is 10.0 Å². The summed E-state index contributed by atoms with van der Waals surface area (Å²) in [6, 6.07) is 15.7. The van der Waals surface area contributed by atoms with Crippen molar-refractivity contribution in [3.63, 3.8) is 0 Å². The first-order valence-corrected chi connectivity index (χ1v) is 11.5. The van der Waals surface area contributed by atoms with Gasteiger partial charge >= 0.3 is 5.97 Å². The number of ether oxygens (including phenoxy) is 1. The van der Waals surface area contributed by atoms with Gasteiger partial charge in [0.15, 0.2) is 12.4 Å². The zero-order chi connectivity index (χ0) is 23.4. The van der Waals surface area contributed by atoms with Gasteiger partial charge in [-0.2, -0.15) is 0 Å². The van der Waals surface area contributed by atoms with Crippen LogP contribution < -0.4 is 10.0 Å². The van der Waals surface area contributed by atoms with Gasteiger partial charge in [0.05, 0.1) is 0 Å². The maximum Gasteiger partial charge on any atom is 0.321 e. The van der Waals surface area contributed by atoms with Crippen molar-refractivity contribution in [2.75, 3.05) is 19.7 Å². The molecular formula is C23H26N2O6S. The van der Waals surface area contributed by atoms with Gasteiger partial charge in [0.2, 0.25) is 15.9 Å². The van der Waals surface area contributed by atoms with E-state index >= 15 is 0 Å². The minimum absolute atomic E-state index is 0.0723. The van der Waals surface area contributed by atoms with E-state index in [9.17, 15) is 22.8 Å². The smallest absolute Gasteiger partial charge is 0.321 e. The predicted octanol–water partition coefficient (Wildman–Crippen LogP) is 2.07. The zero-order valence-corrected chi connectivity index (χ0v) is 18.6. The molecule has 8 nitrogen and oxygen atoms in total. The third-order valence-electron chi connectivity index (χ3n) is 4.31. The van der Waals surface area contributed by atoms with Crippen molar-refractivity contribution in [2.24, 2.45) is 0 Å². The molecule has 0 aliphatic carbocycles. The first-order valence-electron chi connectivity index (χ1n) is 10.0. The fourth-order valence-corrected chi connectivity index (χ4v) is 3.39. The normalized spacial score (nSPS) is 11.3. The van der Waals surface area contributed by atoms with E-state index in [1.807, 2.05) is 6.07 Å². The number of ketones is 1. The highest BCUT2D eigenvalue weighted by atomic mass is 32.2. The number of carbonyl (C=O) groups is 3. The Morgan fingerprint density at radius 3 is 2.34 bits per heavy atom. The molecule has 2 rings (SSSR count). The summed E-state index contributed by atoms with van der Waals surface area (Å²) >= 11 is 0. The van der Waals surface area contributed by atoms with Crippen LogP contribution in [0.3, 0.4) is 0 Å². The number of aryl methyl sites for hydroxylation is 1. The van der Waals surface area contributed by atoms with E-state index in [-0.39, 0.29) is 5.91 Å². The lowest BCUT2D eigenvalue weighted by atomic mass is 10.1. The number of esters is 1. The van der Waals surface area contributed by atoms with Crippen molar-refractivity contribution in [3.05, 3.63) is 76.7 Å². The van der Waals surface area contributed by atoms with Gasteiger partial charge in [0.25, 0.3) is 0 Å². The summed E-state index contributed by atoms with van der Waals surface area (Å²) in [4.78, 5) is 34.8. The molecule has 0 aromatic heterocycles. The van der Waals surface area contributed by atoms with Crippen LogP contribution in [0.15, 0.2) is 60.0 Å². The Morgan fingerprint density at radius 2 is 1.69 bits per heavy atom. The Morgan fingerprint density at radius 1 is 1.00 bits per heavy atom.